The van der Waals surface area contributed by atoms with Gasteiger partial charge in [0.25, 0.3) is 0 Å². The molecule has 0 aliphatic heterocycles. The van der Waals surface area contributed by atoms with Gasteiger partial charge in [0, 0.05) is 26.1 Å². The minimum atomic E-state index is -0.469. The minimum Gasteiger partial charge on any atom is -0.496 e. The van der Waals surface area contributed by atoms with Crippen molar-refractivity contribution in [2.24, 2.45) is 0 Å². The Morgan fingerprint density at radius 2 is 1.05 bits per heavy atom. The van der Waals surface area contributed by atoms with E-state index in [9.17, 15) is 9.59 Å². The van der Waals surface area contributed by atoms with Crippen molar-refractivity contribution < 1.29 is 28.5 Å². The number of hydrogen-bond acceptors (Lipinski definition) is 6. The molecule has 6 nitrogen and oxygen atoms in total. The van der Waals surface area contributed by atoms with Crippen LogP contribution in [0.5, 0.6) is 23.0 Å². The molecule has 0 bridgehead atoms. The molecule has 0 atom stereocenters. The average molecular weight is 664 g/mol. The van der Waals surface area contributed by atoms with Crippen molar-refractivity contribution >= 4 is 65.3 Å². The number of carbonyl (C=O) groups excluding carboxylic acids is 2. The number of methoxy groups -OCH3 is 2. The second-order valence-corrected chi connectivity index (χ2v) is 10.8. The smallest absolute Gasteiger partial charge is 0.315 e. The molecule has 0 aliphatic carbocycles. The van der Waals surface area contributed by atoms with Crippen LogP contribution in [0.1, 0.15) is 11.1 Å². The molecule has 0 fully saturated rings. The Kier molecular flexibility index (Phi) is 8.38. The summed E-state index contributed by atoms with van der Waals surface area (Å²) in [4.78, 5) is 25.9. The van der Waals surface area contributed by atoms with Crippen LogP contribution in [-0.2, 0) is 22.4 Å². The first-order valence-electron chi connectivity index (χ1n) is 12.4. The van der Waals surface area contributed by atoms with Crippen LogP contribution in [0.4, 0.5) is 0 Å². The molecule has 202 valence electrons. The molecule has 0 spiro atoms. The summed E-state index contributed by atoms with van der Waals surface area (Å²) in [6.45, 7) is 0. The molecule has 0 heterocycles. The first-order valence-corrected chi connectivity index (χ1v) is 13.9. The second-order valence-electron chi connectivity index (χ2n) is 9.00. The molecule has 40 heavy (non-hydrogen) atoms. The number of halogens is 2. The Hall–Kier alpha value is -3.88. The maximum Gasteiger partial charge on any atom is 0.315 e. The van der Waals surface area contributed by atoms with Crippen LogP contribution in [-0.4, -0.2) is 26.2 Å². The van der Waals surface area contributed by atoms with Gasteiger partial charge < -0.3 is 18.9 Å². The van der Waals surface area contributed by atoms with Crippen LogP contribution in [0.25, 0.3) is 21.5 Å². The maximum absolute atomic E-state index is 12.9. The summed E-state index contributed by atoms with van der Waals surface area (Å²) in [5.74, 6) is 0.804. The predicted molar refractivity (Wildman–Crippen MR) is 162 cm³/mol. The Morgan fingerprint density at radius 1 is 0.600 bits per heavy atom. The second kappa shape index (κ2) is 12.1. The van der Waals surface area contributed by atoms with Gasteiger partial charge in [-0.25, -0.2) is 0 Å². The zero-order valence-electron chi connectivity index (χ0n) is 21.7. The predicted octanol–water partition coefficient (Wildman–Crippen LogP) is 7.83. The summed E-state index contributed by atoms with van der Waals surface area (Å²) in [6.07, 6.45) is 0.00625. The molecule has 0 unspecified atom stereocenters. The van der Waals surface area contributed by atoms with E-state index in [0.29, 0.717) is 11.5 Å². The van der Waals surface area contributed by atoms with E-state index >= 15 is 0 Å². The quantitative estimate of drug-likeness (QED) is 0.124. The van der Waals surface area contributed by atoms with Crippen LogP contribution >= 0.6 is 31.9 Å². The van der Waals surface area contributed by atoms with Crippen molar-refractivity contribution in [1.29, 1.82) is 0 Å². The number of fused-ring (bicyclic) bond motifs is 2. The highest BCUT2D eigenvalue weighted by molar-refractivity contribution is 9.10. The summed E-state index contributed by atoms with van der Waals surface area (Å²) in [5.41, 5.74) is 1.47. The molecule has 0 aromatic heterocycles. The summed E-state index contributed by atoms with van der Waals surface area (Å²) in [5, 5.41) is 3.75. The third kappa shape index (κ3) is 6.13. The van der Waals surface area contributed by atoms with Crippen LogP contribution in [0.15, 0.2) is 93.9 Å². The third-order valence-corrected chi connectivity index (χ3v) is 7.44. The molecule has 0 N–H and O–H groups in total. The Labute approximate surface area is 248 Å². The molecule has 5 aromatic carbocycles. The fourth-order valence-corrected chi connectivity index (χ4v) is 5.42. The molecule has 0 saturated carbocycles. The number of hydrogen-bond donors (Lipinski definition) is 0. The molecule has 8 heteroatoms. The van der Waals surface area contributed by atoms with E-state index in [1.54, 1.807) is 32.4 Å². The van der Waals surface area contributed by atoms with Gasteiger partial charge >= 0.3 is 11.9 Å². The van der Waals surface area contributed by atoms with E-state index < -0.39 is 11.9 Å². The Bertz CT molecular complexity index is 1620. The van der Waals surface area contributed by atoms with Gasteiger partial charge in [0.1, 0.15) is 23.0 Å². The molecular formula is C32H24Br2O6. The fourth-order valence-electron chi connectivity index (χ4n) is 4.66. The molecule has 5 aromatic rings. The highest BCUT2D eigenvalue weighted by Crippen LogP contribution is 2.32. The van der Waals surface area contributed by atoms with Crippen LogP contribution in [0.3, 0.4) is 0 Å². The van der Waals surface area contributed by atoms with Crippen LogP contribution in [0.2, 0.25) is 0 Å². The highest BCUT2D eigenvalue weighted by Gasteiger charge is 2.17. The fraction of sp³-hybridized carbons (Fsp3) is 0.125. The lowest BCUT2D eigenvalue weighted by Crippen LogP contribution is -2.14. The van der Waals surface area contributed by atoms with E-state index in [1.807, 2.05) is 60.7 Å². The largest absolute Gasteiger partial charge is 0.496 e. The summed E-state index contributed by atoms with van der Waals surface area (Å²) < 4.78 is 24.1. The zero-order chi connectivity index (χ0) is 28.2. The van der Waals surface area contributed by atoms with Crippen molar-refractivity contribution in [3.63, 3.8) is 0 Å². The van der Waals surface area contributed by atoms with Gasteiger partial charge in [0.2, 0.25) is 0 Å². The summed E-state index contributed by atoms with van der Waals surface area (Å²) >= 11 is 6.97. The Morgan fingerprint density at radius 3 is 1.48 bits per heavy atom. The van der Waals surface area contributed by atoms with Gasteiger partial charge in [-0.2, -0.15) is 0 Å². The summed E-state index contributed by atoms with van der Waals surface area (Å²) in [6, 6.07) is 25.7. The molecule has 0 aliphatic rings. The van der Waals surface area contributed by atoms with E-state index in [1.165, 1.54) is 6.07 Å². The number of ether oxygens (including phenoxy) is 4. The molecule has 0 radical (unpaired) electrons. The van der Waals surface area contributed by atoms with Gasteiger partial charge in [-0.15, -0.1) is 0 Å². The van der Waals surface area contributed by atoms with E-state index in [-0.39, 0.29) is 24.3 Å². The SMILES string of the molecule is COc1ccc2cc(Br)ccc2c1CC(=O)Oc1cccc(OC(=O)Cc2c(OC)ccc3cc(Br)ccc23)c1. The minimum absolute atomic E-state index is 0.00313. The van der Waals surface area contributed by atoms with Crippen LogP contribution in [0, 0.1) is 0 Å². The monoisotopic (exact) mass is 662 g/mol. The van der Waals surface area contributed by atoms with Gasteiger partial charge in [-0.3, -0.25) is 9.59 Å². The van der Waals surface area contributed by atoms with Crippen molar-refractivity contribution in [3.8, 4) is 23.0 Å². The lowest BCUT2D eigenvalue weighted by Gasteiger charge is -2.13. The number of carbonyl (C=O) groups is 2. The van der Waals surface area contributed by atoms with Crippen molar-refractivity contribution in [3.05, 3.63) is 105 Å². The first-order chi connectivity index (χ1) is 19.3. The van der Waals surface area contributed by atoms with Crippen molar-refractivity contribution in [2.75, 3.05) is 14.2 Å². The average Bonchev–Trinajstić information content (AvgIpc) is 2.93. The standard InChI is InChI=1S/C32H24Br2O6/c1-37-29-12-6-19-14-21(33)8-10-25(19)27(29)17-31(35)39-23-4-3-5-24(16-23)40-32(36)18-28-26-11-9-22(34)15-20(26)7-13-30(28)38-2/h3-16H,17-18H2,1-2H3. The van der Waals surface area contributed by atoms with Gasteiger partial charge in [-0.05, 0) is 70.1 Å². The maximum atomic E-state index is 12.9. The number of benzene rings is 5. The lowest BCUT2D eigenvalue weighted by atomic mass is 10.0. The van der Waals surface area contributed by atoms with E-state index in [4.69, 9.17) is 18.9 Å². The van der Waals surface area contributed by atoms with E-state index in [0.717, 1.165) is 41.6 Å². The molecule has 0 saturated heterocycles. The van der Waals surface area contributed by atoms with E-state index in [2.05, 4.69) is 31.9 Å². The zero-order valence-corrected chi connectivity index (χ0v) is 24.9. The van der Waals surface area contributed by atoms with Gasteiger partial charge in [-0.1, -0.05) is 62.2 Å². The highest BCUT2D eigenvalue weighted by atomic mass is 79.9. The molecular weight excluding hydrogens is 640 g/mol. The Balaban J connectivity index is 1.31. The van der Waals surface area contributed by atoms with Gasteiger partial charge in [0.05, 0.1) is 27.1 Å². The van der Waals surface area contributed by atoms with Crippen molar-refractivity contribution in [1.82, 2.24) is 0 Å². The number of esters is 2. The first kappa shape index (κ1) is 27.7. The molecule has 5 rings (SSSR count). The van der Waals surface area contributed by atoms with Crippen LogP contribution < -0.4 is 18.9 Å². The summed E-state index contributed by atoms with van der Waals surface area (Å²) in [7, 11) is 3.14. The normalized spacial score (nSPS) is 10.9. The third-order valence-electron chi connectivity index (χ3n) is 6.45. The van der Waals surface area contributed by atoms with Crippen molar-refractivity contribution in [2.45, 2.75) is 12.8 Å². The van der Waals surface area contributed by atoms with Gasteiger partial charge in [0.15, 0.2) is 0 Å². The number of rotatable bonds is 8. The topological polar surface area (TPSA) is 71.1 Å². The molecule has 0 amide bonds. The lowest BCUT2D eigenvalue weighted by molar-refractivity contribution is -0.134.